The minimum absolute atomic E-state index is 0.719. The molecule has 0 saturated carbocycles. The fourth-order valence-electron chi connectivity index (χ4n) is 2.89. The van der Waals surface area contributed by atoms with Gasteiger partial charge in [0.15, 0.2) is 0 Å². The number of aromatic nitrogens is 3. The SMILES string of the molecule is C/C=C(\C(=C/C)OC)c1c[nH]c2ncc(-c3cncc(OC)c3)cc12. The van der Waals surface area contributed by atoms with Crippen molar-refractivity contribution in [2.24, 2.45) is 0 Å². The molecule has 0 saturated heterocycles. The van der Waals surface area contributed by atoms with Crippen LogP contribution in [-0.2, 0) is 4.74 Å². The Morgan fingerprint density at radius 1 is 1.04 bits per heavy atom. The number of H-pyrrole nitrogens is 1. The van der Waals surface area contributed by atoms with Gasteiger partial charge >= 0.3 is 0 Å². The highest BCUT2D eigenvalue weighted by molar-refractivity contribution is 5.96. The Labute approximate surface area is 147 Å². The summed E-state index contributed by atoms with van der Waals surface area (Å²) in [4.78, 5) is 12.0. The minimum atomic E-state index is 0.719. The normalized spacial score (nSPS) is 12.5. The lowest BCUT2D eigenvalue weighted by atomic mass is 10.0. The van der Waals surface area contributed by atoms with Gasteiger partial charge in [0, 0.05) is 46.2 Å². The lowest BCUT2D eigenvalue weighted by Gasteiger charge is -2.10. The average Bonchev–Trinajstić information content (AvgIpc) is 3.09. The standard InChI is InChI=1S/C20H21N3O2/c1-5-16(19(6-2)25-4)18-12-23-20-17(18)8-14(10-22-20)13-7-15(24-3)11-21-9-13/h5-12H,1-4H3,(H,22,23)/b16-5-,19-6+. The van der Waals surface area contributed by atoms with Crippen LogP contribution in [0.4, 0.5) is 0 Å². The average molecular weight is 335 g/mol. The molecule has 0 radical (unpaired) electrons. The molecule has 0 aliphatic rings. The zero-order valence-electron chi connectivity index (χ0n) is 14.8. The van der Waals surface area contributed by atoms with Crippen LogP contribution in [0.15, 0.2) is 54.8 Å². The molecular formula is C20H21N3O2. The number of hydrogen-bond acceptors (Lipinski definition) is 4. The van der Waals surface area contributed by atoms with Crippen molar-refractivity contribution in [2.75, 3.05) is 14.2 Å². The van der Waals surface area contributed by atoms with Crippen molar-refractivity contribution in [1.29, 1.82) is 0 Å². The van der Waals surface area contributed by atoms with Gasteiger partial charge in [0.1, 0.15) is 17.2 Å². The number of rotatable bonds is 5. The van der Waals surface area contributed by atoms with Gasteiger partial charge < -0.3 is 14.5 Å². The Bertz CT molecular complexity index is 954. The van der Waals surface area contributed by atoms with Gasteiger partial charge in [-0.2, -0.15) is 0 Å². The number of allylic oxidation sites excluding steroid dienone is 3. The van der Waals surface area contributed by atoms with Gasteiger partial charge in [-0.15, -0.1) is 0 Å². The van der Waals surface area contributed by atoms with Crippen LogP contribution in [0.1, 0.15) is 19.4 Å². The summed E-state index contributed by atoms with van der Waals surface area (Å²) in [5, 5.41) is 1.03. The molecule has 0 aliphatic carbocycles. The zero-order valence-corrected chi connectivity index (χ0v) is 14.8. The van der Waals surface area contributed by atoms with Gasteiger partial charge in [-0.1, -0.05) is 6.08 Å². The van der Waals surface area contributed by atoms with Gasteiger partial charge in [-0.3, -0.25) is 4.98 Å². The molecule has 0 fully saturated rings. The van der Waals surface area contributed by atoms with Crippen LogP contribution in [0, 0.1) is 0 Å². The summed E-state index contributed by atoms with van der Waals surface area (Å²) < 4.78 is 10.8. The third kappa shape index (κ3) is 3.13. The Morgan fingerprint density at radius 3 is 2.52 bits per heavy atom. The second-order valence-corrected chi connectivity index (χ2v) is 5.50. The van der Waals surface area contributed by atoms with Gasteiger partial charge in [0.2, 0.25) is 0 Å². The number of nitrogens with zero attached hydrogens (tertiary/aromatic N) is 2. The van der Waals surface area contributed by atoms with Crippen molar-refractivity contribution >= 4 is 16.6 Å². The first kappa shape index (κ1) is 16.8. The largest absolute Gasteiger partial charge is 0.496 e. The molecular weight excluding hydrogens is 314 g/mol. The number of fused-ring (bicyclic) bond motifs is 1. The van der Waals surface area contributed by atoms with Crippen molar-refractivity contribution in [2.45, 2.75) is 13.8 Å². The highest BCUT2D eigenvalue weighted by Crippen LogP contribution is 2.32. The van der Waals surface area contributed by atoms with Crippen LogP contribution in [0.3, 0.4) is 0 Å². The molecule has 5 nitrogen and oxygen atoms in total. The molecule has 3 aromatic heterocycles. The van der Waals surface area contributed by atoms with E-state index in [-0.39, 0.29) is 0 Å². The first-order valence-electron chi connectivity index (χ1n) is 8.05. The van der Waals surface area contributed by atoms with Gasteiger partial charge in [0.25, 0.3) is 0 Å². The van der Waals surface area contributed by atoms with Crippen molar-refractivity contribution in [3.63, 3.8) is 0 Å². The number of ether oxygens (including phenoxy) is 2. The summed E-state index contributed by atoms with van der Waals surface area (Å²) in [5.41, 5.74) is 4.85. The number of hydrogen-bond donors (Lipinski definition) is 1. The van der Waals surface area contributed by atoms with E-state index in [2.05, 4.69) is 21.0 Å². The predicted octanol–water partition coefficient (Wildman–Crippen LogP) is 4.59. The van der Waals surface area contributed by atoms with E-state index in [1.54, 1.807) is 26.6 Å². The van der Waals surface area contributed by atoms with Gasteiger partial charge in [0.05, 0.1) is 20.4 Å². The first-order valence-corrected chi connectivity index (χ1v) is 8.05. The molecule has 0 bridgehead atoms. The second-order valence-electron chi connectivity index (χ2n) is 5.50. The fourth-order valence-corrected chi connectivity index (χ4v) is 2.89. The molecule has 5 heteroatoms. The molecule has 0 amide bonds. The summed E-state index contributed by atoms with van der Waals surface area (Å²) in [6.45, 7) is 3.96. The van der Waals surface area contributed by atoms with Gasteiger partial charge in [-0.25, -0.2) is 4.98 Å². The molecule has 3 heterocycles. The van der Waals surface area contributed by atoms with E-state index in [9.17, 15) is 0 Å². The Balaban J connectivity index is 2.14. The lowest BCUT2D eigenvalue weighted by Crippen LogP contribution is -1.92. The van der Waals surface area contributed by atoms with Crippen LogP contribution in [-0.4, -0.2) is 29.2 Å². The summed E-state index contributed by atoms with van der Waals surface area (Å²) in [6.07, 6.45) is 11.3. The van der Waals surface area contributed by atoms with Crippen LogP contribution < -0.4 is 4.74 Å². The lowest BCUT2D eigenvalue weighted by molar-refractivity contribution is 0.310. The highest BCUT2D eigenvalue weighted by Gasteiger charge is 2.14. The maximum atomic E-state index is 5.50. The molecule has 0 aromatic carbocycles. The number of nitrogens with one attached hydrogen (secondary N) is 1. The molecule has 25 heavy (non-hydrogen) atoms. The fraction of sp³-hybridized carbons (Fsp3) is 0.200. The first-order chi connectivity index (χ1) is 12.2. The third-order valence-electron chi connectivity index (χ3n) is 4.14. The molecule has 0 spiro atoms. The van der Waals surface area contributed by atoms with Gasteiger partial charge in [-0.05, 0) is 32.1 Å². The van der Waals surface area contributed by atoms with E-state index in [4.69, 9.17) is 9.47 Å². The third-order valence-corrected chi connectivity index (χ3v) is 4.14. The maximum Gasteiger partial charge on any atom is 0.137 e. The van der Waals surface area contributed by atoms with E-state index in [0.29, 0.717) is 0 Å². The highest BCUT2D eigenvalue weighted by atomic mass is 16.5. The van der Waals surface area contributed by atoms with Crippen molar-refractivity contribution in [1.82, 2.24) is 15.0 Å². The smallest absolute Gasteiger partial charge is 0.137 e. The predicted molar refractivity (Wildman–Crippen MR) is 100 cm³/mol. The van der Waals surface area contributed by atoms with Crippen molar-refractivity contribution in [3.8, 4) is 16.9 Å². The number of methoxy groups -OCH3 is 2. The number of aromatic amines is 1. The summed E-state index contributed by atoms with van der Waals surface area (Å²) >= 11 is 0. The Kier molecular flexibility index (Phi) is 4.84. The van der Waals surface area contributed by atoms with E-state index in [1.165, 1.54) is 0 Å². The summed E-state index contributed by atoms with van der Waals surface area (Å²) in [6, 6.07) is 4.06. The van der Waals surface area contributed by atoms with E-state index in [0.717, 1.165) is 44.8 Å². The minimum Gasteiger partial charge on any atom is -0.496 e. The molecule has 3 aromatic rings. The number of pyridine rings is 2. The topological polar surface area (TPSA) is 60.0 Å². The summed E-state index contributed by atoms with van der Waals surface area (Å²) in [7, 11) is 3.31. The van der Waals surface area contributed by atoms with E-state index < -0.39 is 0 Å². The Hall–Kier alpha value is -3.08. The quantitative estimate of drug-likeness (QED) is 0.547. The molecule has 1 N–H and O–H groups in total. The van der Waals surface area contributed by atoms with Crippen molar-refractivity contribution < 1.29 is 9.47 Å². The van der Waals surface area contributed by atoms with E-state index in [1.807, 2.05) is 44.5 Å². The summed E-state index contributed by atoms with van der Waals surface area (Å²) in [5.74, 6) is 1.55. The van der Waals surface area contributed by atoms with Crippen molar-refractivity contribution in [3.05, 3.63) is 60.4 Å². The maximum absolute atomic E-state index is 5.50. The van der Waals surface area contributed by atoms with Crippen LogP contribution in [0.25, 0.3) is 27.7 Å². The van der Waals surface area contributed by atoms with Crippen LogP contribution >= 0.6 is 0 Å². The molecule has 3 rings (SSSR count). The van der Waals surface area contributed by atoms with E-state index >= 15 is 0 Å². The Morgan fingerprint density at radius 2 is 1.84 bits per heavy atom. The monoisotopic (exact) mass is 335 g/mol. The van der Waals surface area contributed by atoms with Crippen LogP contribution in [0.2, 0.25) is 0 Å². The molecule has 0 aliphatic heterocycles. The second kappa shape index (κ2) is 7.21. The zero-order chi connectivity index (χ0) is 17.8. The van der Waals surface area contributed by atoms with Crippen LogP contribution in [0.5, 0.6) is 5.75 Å². The molecule has 128 valence electrons. The molecule has 0 unspecified atom stereocenters. The molecule has 0 atom stereocenters.